The fraction of sp³-hybridized carbons (Fsp3) is 0.400. The first-order chi connectivity index (χ1) is 6.13. The molecule has 0 heterocycles. The van der Waals surface area contributed by atoms with Crippen LogP contribution in [0.2, 0.25) is 5.02 Å². The zero-order valence-electron chi connectivity index (χ0n) is 8.00. The summed E-state index contributed by atoms with van der Waals surface area (Å²) in [4.78, 5) is 1.10. The molecule has 1 aromatic rings. The van der Waals surface area contributed by atoms with Gasteiger partial charge in [-0.05, 0) is 18.2 Å². The van der Waals surface area contributed by atoms with Crippen LogP contribution in [-0.2, 0) is 0 Å². The Balaban J connectivity index is 2.94. The van der Waals surface area contributed by atoms with E-state index in [0.29, 0.717) is 5.25 Å². The lowest BCUT2D eigenvalue weighted by molar-refractivity contribution is 0.405. The number of thioether (sulfide) groups is 1. The Morgan fingerprint density at radius 1 is 1.38 bits per heavy atom. The molecule has 0 N–H and O–H groups in total. The second-order valence-electron chi connectivity index (χ2n) is 2.96. The van der Waals surface area contributed by atoms with Crippen LogP contribution in [0.4, 0.5) is 0 Å². The van der Waals surface area contributed by atoms with Crippen LogP contribution in [0.25, 0.3) is 0 Å². The lowest BCUT2D eigenvalue weighted by atomic mass is 10.3. The van der Waals surface area contributed by atoms with Crippen molar-refractivity contribution in [3.05, 3.63) is 23.2 Å². The monoisotopic (exact) mass is 216 g/mol. The zero-order valence-corrected chi connectivity index (χ0v) is 9.58. The van der Waals surface area contributed by atoms with Crippen molar-refractivity contribution in [2.24, 2.45) is 0 Å². The van der Waals surface area contributed by atoms with Crippen LogP contribution in [0.15, 0.2) is 23.1 Å². The number of rotatable bonds is 3. The van der Waals surface area contributed by atoms with Gasteiger partial charge in [-0.25, -0.2) is 0 Å². The Labute approximate surface area is 88.4 Å². The van der Waals surface area contributed by atoms with Gasteiger partial charge in [0.05, 0.1) is 12.0 Å². The number of hydrogen-bond acceptors (Lipinski definition) is 2. The maximum atomic E-state index is 5.89. The van der Waals surface area contributed by atoms with E-state index in [0.717, 1.165) is 15.7 Å². The first kappa shape index (κ1) is 10.7. The maximum absolute atomic E-state index is 5.89. The molecule has 72 valence electrons. The molecule has 0 fully saturated rings. The molecule has 0 saturated carbocycles. The Bertz CT molecular complexity index is 286. The first-order valence-electron chi connectivity index (χ1n) is 4.13. The van der Waals surface area contributed by atoms with E-state index in [1.54, 1.807) is 18.9 Å². The maximum Gasteiger partial charge on any atom is 0.132 e. The van der Waals surface area contributed by atoms with E-state index in [1.165, 1.54) is 0 Å². The van der Waals surface area contributed by atoms with Gasteiger partial charge in [0.15, 0.2) is 0 Å². The predicted octanol–water partition coefficient (Wildman–Crippen LogP) is 3.85. The molecule has 0 saturated heterocycles. The van der Waals surface area contributed by atoms with Crippen molar-refractivity contribution in [3.63, 3.8) is 0 Å². The average molecular weight is 217 g/mol. The molecule has 0 amide bonds. The minimum atomic E-state index is 0.535. The molecule has 0 atom stereocenters. The van der Waals surface area contributed by atoms with Gasteiger partial charge < -0.3 is 4.74 Å². The Hall–Kier alpha value is -0.340. The van der Waals surface area contributed by atoms with E-state index >= 15 is 0 Å². The molecule has 0 radical (unpaired) electrons. The quantitative estimate of drug-likeness (QED) is 0.710. The van der Waals surface area contributed by atoms with Gasteiger partial charge in [-0.3, -0.25) is 0 Å². The second-order valence-corrected chi connectivity index (χ2v) is 5.02. The molecule has 0 aliphatic heterocycles. The molecule has 0 aliphatic carbocycles. The largest absolute Gasteiger partial charge is 0.496 e. The fourth-order valence-corrected chi connectivity index (χ4v) is 2.20. The minimum Gasteiger partial charge on any atom is -0.496 e. The summed E-state index contributed by atoms with van der Waals surface area (Å²) in [6.07, 6.45) is 0. The molecule has 0 unspecified atom stereocenters. The third kappa shape index (κ3) is 3.12. The highest BCUT2D eigenvalue weighted by molar-refractivity contribution is 8.00. The van der Waals surface area contributed by atoms with Gasteiger partial charge in [0.25, 0.3) is 0 Å². The molecule has 1 rings (SSSR count). The summed E-state index contributed by atoms with van der Waals surface area (Å²) >= 11 is 7.64. The zero-order chi connectivity index (χ0) is 9.84. The number of benzene rings is 1. The van der Waals surface area contributed by atoms with E-state index in [4.69, 9.17) is 16.3 Å². The van der Waals surface area contributed by atoms with Gasteiger partial charge in [-0.2, -0.15) is 0 Å². The van der Waals surface area contributed by atoms with Crippen molar-refractivity contribution >= 4 is 23.4 Å². The van der Waals surface area contributed by atoms with Crippen molar-refractivity contribution in [1.29, 1.82) is 0 Å². The summed E-state index contributed by atoms with van der Waals surface area (Å²) in [7, 11) is 1.67. The van der Waals surface area contributed by atoms with E-state index in [-0.39, 0.29) is 0 Å². The molecule has 0 aromatic heterocycles. The summed E-state index contributed by atoms with van der Waals surface area (Å²) in [5.41, 5.74) is 0. The Kier molecular flexibility index (Phi) is 3.94. The van der Waals surface area contributed by atoms with Gasteiger partial charge in [-0.15, -0.1) is 11.8 Å². The van der Waals surface area contributed by atoms with Crippen LogP contribution >= 0.6 is 23.4 Å². The highest BCUT2D eigenvalue weighted by Gasteiger charge is 2.06. The summed E-state index contributed by atoms with van der Waals surface area (Å²) < 4.78 is 5.22. The molecule has 0 spiro atoms. The van der Waals surface area contributed by atoms with E-state index in [9.17, 15) is 0 Å². The summed E-state index contributed by atoms with van der Waals surface area (Å²) in [5.74, 6) is 0.892. The van der Waals surface area contributed by atoms with Crippen LogP contribution in [0.3, 0.4) is 0 Å². The molecule has 3 heteroatoms. The highest BCUT2D eigenvalue weighted by Crippen LogP contribution is 2.33. The topological polar surface area (TPSA) is 9.23 Å². The van der Waals surface area contributed by atoms with Gasteiger partial charge in [-0.1, -0.05) is 25.4 Å². The average Bonchev–Trinajstić information content (AvgIpc) is 2.03. The highest BCUT2D eigenvalue weighted by atomic mass is 35.5. The van der Waals surface area contributed by atoms with Crippen molar-refractivity contribution in [2.45, 2.75) is 24.0 Å². The molecular weight excluding hydrogens is 204 g/mol. The van der Waals surface area contributed by atoms with Crippen LogP contribution in [0.1, 0.15) is 13.8 Å². The number of halogens is 1. The molecule has 0 aliphatic rings. The van der Waals surface area contributed by atoms with Crippen molar-refractivity contribution < 1.29 is 4.74 Å². The smallest absolute Gasteiger partial charge is 0.132 e. The minimum absolute atomic E-state index is 0.535. The molecule has 13 heavy (non-hydrogen) atoms. The Morgan fingerprint density at radius 2 is 2.08 bits per heavy atom. The van der Waals surface area contributed by atoms with Crippen molar-refractivity contribution in [3.8, 4) is 5.75 Å². The van der Waals surface area contributed by atoms with Gasteiger partial charge >= 0.3 is 0 Å². The fourth-order valence-electron chi connectivity index (χ4n) is 0.997. The van der Waals surface area contributed by atoms with E-state index in [2.05, 4.69) is 13.8 Å². The molecule has 0 bridgehead atoms. The Morgan fingerprint density at radius 3 is 2.62 bits per heavy atom. The van der Waals surface area contributed by atoms with Crippen LogP contribution < -0.4 is 4.74 Å². The van der Waals surface area contributed by atoms with E-state index < -0.39 is 0 Å². The van der Waals surface area contributed by atoms with Gasteiger partial charge in [0.2, 0.25) is 0 Å². The molecular formula is C10H13ClOS. The lowest BCUT2D eigenvalue weighted by Gasteiger charge is -2.10. The summed E-state index contributed by atoms with van der Waals surface area (Å²) in [6, 6.07) is 5.67. The second kappa shape index (κ2) is 4.77. The van der Waals surface area contributed by atoms with Crippen LogP contribution in [-0.4, -0.2) is 12.4 Å². The van der Waals surface area contributed by atoms with Crippen LogP contribution in [0.5, 0.6) is 5.75 Å². The number of ether oxygens (including phenoxy) is 1. The van der Waals surface area contributed by atoms with Crippen molar-refractivity contribution in [2.75, 3.05) is 7.11 Å². The number of hydrogen-bond donors (Lipinski definition) is 0. The number of methoxy groups -OCH3 is 1. The first-order valence-corrected chi connectivity index (χ1v) is 5.39. The van der Waals surface area contributed by atoms with E-state index in [1.807, 2.05) is 18.2 Å². The normalized spacial score (nSPS) is 10.5. The third-order valence-corrected chi connectivity index (χ3v) is 2.77. The van der Waals surface area contributed by atoms with Gasteiger partial charge in [0, 0.05) is 10.3 Å². The third-order valence-electron chi connectivity index (χ3n) is 1.49. The van der Waals surface area contributed by atoms with Gasteiger partial charge in [0.1, 0.15) is 5.75 Å². The van der Waals surface area contributed by atoms with Crippen LogP contribution in [0, 0.1) is 0 Å². The molecule has 1 aromatic carbocycles. The van der Waals surface area contributed by atoms with Crippen molar-refractivity contribution in [1.82, 2.24) is 0 Å². The lowest BCUT2D eigenvalue weighted by Crippen LogP contribution is -1.90. The molecule has 1 nitrogen and oxygen atoms in total. The standard InChI is InChI=1S/C10H13ClOS/c1-7(2)13-10-6-8(11)4-5-9(10)12-3/h4-7H,1-3H3. The predicted molar refractivity (Wildman–Crippen MR) is 59.0 cm³/mol. The summed E-state index contributed by atoms with van der Waals surface area (Å²) in [6.45, 7) is 4.29. The summed E-state index contributed by atoms with van der Waals surface area (Å²) in [5, 5.41) is 1.29. The SMILES string of the molecule is COc1ccc(Cl)cc1SC(C)C.